The van der Waals surface area contributed by atoms with Crippen molar-refractivity contribution in [3.63, 3.8) is 0 Å². The molecule has 2 aliphatic rings. The lowest BCUT2D eigenvalue weighted by Gasteiger charge is -2.50. The molecule has 0 spiro atoms. The van der Waals surface area contributed by atoms with Crippen molar-refractivity contribution in [3.8, 4) is 0 Å². The largest absolute Gasteiger partial charge is 0.543 e. The Morgan fingerprint density at radius 2 is 2.24 bits per heavy atom. The lowest BCUT2D eigenvalue weighted by molar-refractivity contribution is -0.301. The molecule has 0 radical (unpaired) electrons. The van der Waals surface area contributed by atoms with Crippen LogP contribution in [0.2, 0.25) is 0 Å². The SMILES string of the molecule is CON=C(C(=O)N[C@@H]1C(=O)N2C(C(=O)[O-])=C(COC(N)=O)CSC12)c1ccco1. The van der Waals surface area contributed by atoms with Crippen LogP contribution in [0.4, 0.5) is 4.79 Å². The Kier molecular flexibility index (Phi) is 5.77. The summed E-state index contributed by atoms with van der Waals surface area (Å²) in [6.45, 7) is -0.387. The Hall–Kier alpha value is -3.48. The maximum absolute atomic E-state index is 12.5. The van der Waals surface area contributed by atoms with Crippen LogP contribution in [-0.2, 0) is 24.0 Å². The van der Waals surface area contributed by atoms with Crippen molar-refractivity contribution in [1.82, 2.24) is 10.2 Å². The van der Waals surface area contributed by atoms with Gasteiger partial charge in [-0.2, -0.15) is 0 Å². The van der Waals surface area contributed by atoms with Crippen molar-refractivity contribution in [1.29, 1.82) is 0 Å². The zero-order valence-electron chi connectivity index (χ0n) is 14.9. The highest BCUT2D eigenvalue weighted by Gasteiger charge is 2.53. The van der Waals surface area contributed by atoms with Gasteiger partial charge >= 0.3 is 6.09 Å². The fraction of sp³-hybridized carbons (Fsp3) is 0.312. The van der Waals surface area contributed by atoms with Crippen LogP contribution in [0.5, 0.6) is 0 Å². The number of amides is 3. The standard InChI is InChI=1S/C16H16N4O8S/c1-26-19-9(8-3-2-4-27-8)12(21)18-10-13(22)20-11(15(23)24)7(5-28-16(17)25)6-29-14(10)20/h2-4,10,14H,5-6H2,1H3,(H2,17,25)(H,18,21)(H,23,24)/p-1/t10-,14?/m1/s1. The van der Waals surface area contributed by atoms with Crippen LogP contribution in [0.25, 0.3) is 0 Å². The van der Waals surface area contributed by atoms with Crippen molar-refractivity contribution >= 4 is 41.4 Å². The molecule has 1 saturated heterocycles. The summed E-state index contributed by atoms with van der Waals surface area (Å²) >= 11 is 1.18. The molecule has 1 fully saturated rings. The Morgan fingerprint density at radius 3 is 2.83 bits per heavy atom. The third kappa shape index (κ3) is 3.89. The van der Waals surface area contributed by atoms with Crippen LogP contribution in [-0.4, -0.2) is 65.4 Å². The predicted molar refractivity (Wildman–Crippen MR) is 94.8 cm³/mol. The first-order chi connectivity index (χ1) is 13.8. The molecule has 2 aliphatic heterocycles. The molecule has 1 aromatic rings. The third-order valence-corrected chi connectivity index (χ3v) is 5.41. The number of furan rings is 1. The van der Waals surface area contributed by atoms with Gasteiger partial charge in [0.15, 0.2) is 5.76 Å². The average molecular weight is 423 g/mol. The highest BCUT2D eigenvalue weighted by molar-refractivity contribution is 8.00. The first-order valence-electron chi connectivity index (χ1n) is 8.11. The number of fused-ring (bicyclic) bond motifs is 1. The zero-order chi connectivity index (χ0) is 21.1. The fourth-order valence-corrected chi connectivity index (χ4v) is 4.18. The van der Waals surface area contributed by atoms with Gasteiger partial charge in [0.2, 0.25) is 5.71 Å². The van der Waals surface area contributed by atoms with E-state index in [0.29, 0.717) is 0 Å². The first-order valence-corrected chi connectivity index (χ1v) is 9.16. The maximum Gasteiger partial charge on any atom is 0.404 e. The number of rotatable bonds is 7. The minimum Gasteiger partial charge on any atom is -0.543 e. The number of carboxylic acid groups (broad SMARTS) is 1. The van der Waals surface area contributed by atoms with Gasteiger partial charge in [-0.1, -0.05) is 5.16 Å². The number of nitrogens with two attached hydrogens (primary N) is 1. The molecule has 2 atom stereocenters. The molecule has 0 saturated carbocycles. The summed E-state index contributed by atoms with van der Waals surface area (Å²) in [5.41, 5.74) is 4.48. The van der Waals surface area contributed by atoms with Crippen molar-refractivity contribution in [3.05, 3.63) is 35.4 Å². The van der Waals surface area contributed by atoms with Crippen molar-refractivity contribution in [2.45, 2.75) is 11.4 Å². The molecule has 3 N–H and O–H groups in total. The van der Waals surface area contributed by atoms with Crippen LogP contribution in [0.1, 0.15) is 5.76 Å². The van der Waals surface area contributed by atoms with E-state index in [1.54, 1.807) is 6.07 Å². The van der Waals surface area contributed by atoms with E-state index in [9.17, 15) is 24.3 Å². The molecular formula is C16H15N4O8S-. The second kappa shape index (κ2) is 8.26. The van der Waals surface area contributed by atoms with Crippen LogP contribution in [0, 0.1) is 0 Å². The minimum atomic E-state index is -1.60. The average Bonchev–Trinajstić information content (AvgIpc) is 3.21. The number of primary amides is 1. The monoisotopic (exact) mass is 423 g/mol. The summed E-state index contributed by atoms with van der Waals surface area (Å²) in [7, 11) is 1.25. The van der Waals surface area contributed by atoms with Crippen LogP contribution < -0.4 is 16.2 Å². The topological polar surface area (TPSA) is 177 Å². The predicted octanol–water partition coefficient (Wildman–Crippen LogP) is -1.87. The molecule has 1 unspecified atom stereocenters. The molecule has 13 heteroatoms. The lowest BCUT2D eigenvalue weighted by Crippen LogP contribution is -2.71. The van der Waals surface area contributed by atoms with Crippen molar-refractivity contribution in [2.75, 3.05) is 19.5 Å². The van der Waals surface area contributed by atoms with E-state index in [-0.39, 0.29) is 29.4 Å². The molecule has 3 rings (SSSR count). The molecule has 3 amide bonds. The fourth-order valence-electron chi connectivity index (χ4n) is 2.85. The lowest BCUT2D eigenvalue weighted by atomic mass is 10.0. The van der Waals surface area contributed by atoms with Crippen LogP contribution >= 0.6 is 11.8 Å². The Morgan fingerprint density at radius 1 is 1.48 bits per heavy atom. The number of hydrogen-bond acceptors (Lipinski definition) is 10. The quantitative estimate of drug-likeness (QED) is 0.289. The molecule has 154 valence electrons. The number of aliphatic carboxylic acids is 1. The number of ether oxygens (including phenoxy) is 1. The zero-order valence-corrected chi connectivity index (χ0v) is 15.8. The van der Waals surface area contributed by atoms with E-state index < -0.39 is 41.0 Å². The first kappa shape index (κ1) is 20.3. The number of oxime groups is 1. The van der Waals surface area contributed by atoms with E-state index >= 15 is 0 Å². The third-order valence-electron chi connectivity index (χ3n) is 4.07. The number of carbonyl (C=O) groups excluding carboxylic acids is 4. The van der Waals surface area contributed by atoms with Gasteiger partial charge in [0.1, 0.15) is 25.1 Å². The van der Waals surface area contributed by atoms with Crippen LogP contribution in [0.15, 0.2) is 39.2 Å². The number of nitrogens with one attached hydrogen (secondary N) is 1. The Balaban J connectivity index is 1.77. The van der Waals surface area contributed by atoms with E-state index in [1.165, 1.54) is 31.2 Å². The second-order valence-electron chi connectivity index (χ2n) is 5.81. The van der Waals surface area contributed by atoms with Gasteiger partial charge in [0.25, 0.3) is 11.8 Å². The second-order valence-corrected chi connectivity index (χ2v) is 6.91. The normalized spacial score (nSPS) is 21.2. The molecule has 1 aromatic heterocycles. The molecular weight excluding hydrogens is 408 g/mol. The van der Waals surface area contributed by atoms with Crippen LogP contribution in [0.3, 0.4) is 0 Å². The van der Waals surface area contributed by atoms with Gasteiger partial charge in [-0.25, -0.2) is 4.79 Å². The highest BCUT2D eigenvalue weighted by atomic mass is 32.2. The van der Waals surface area contributed by atoms with Gasteiger partial charge in [0, 0.05) is 11.3 Å². The number of β-lactam (4-membered cyclic amide) rings is 1. The van der Waals surface area contributed by atoms with E-state index in [1.807, 2.05) is 0 Å². The number of nitrogens with zero attached hydrogens (tertiary/aromatic N) is 2. The number of carboxylic acids is 1. The van der Waals surface area contributed by atoms with Gasteiger partial charge in [-0.15, -0.1) is 11.8 Å². The summed E-state index contributed by atoms with van der Waals surface area (Å²) in [5, 5.41) is 17.0. The molecule has 3 heterocycles. The number of hydrogen-bond donors (Lipinski definition) is 2. The van der Waals surface area contributed by atoms with Gasteiger partial charge in [0.05, 0.1) is 17.9 Å². The summed E-state index contributed by atoms with van der Waals surface area (Å²) in [5.74, 6) is -2.74. The summed E-state index contributed by atoms with van der Waals surface area (Å²) in [4.78, 5) is 53.0. The highest BCUT2D eigenvalue weighted by Crippen LogP contribution is 2.40. The van der Waals surface area contributed by atoms with E-state index in [2.05, 4.69) is 20.0 Å². The number of thioether (sulfide) groups is 1. The Labute approximate surface area is 167 Å². The van der Waals surface area contributed by atoms with Crippen molar-refractivity contribution in [2.24, 2.45) is 10.9 Å². The van der Waals surface area contributed by atoms with Gasteiger partial charge in [-0.3, -0.25) is 14.5 Å². The molecule has 0 aliphatic carbocycles. The number of carbonyl (C=O) groups is 4. The molecule has 29 heavy (non-hydrogen) atoms. The summed E-state index contributed by atoms with van der Waals surface area (Å²) < 4.78 is 9.75. The van der Waals surface area contributed by atoms with E-state index in [4.69, 9.17) is 10.2 Å². The maximum atomic E-state index is 12.5. The van der Waals surface area contributed by atoms with Gasteiger partial charge in [-0.05, 0) is 12.1 Å². The smallest absolute Gasteiger partial charge is 0.404 e. The van der Waals surface area contributed by atoms with Gasteiger partial charge < -0.3 is 34.9 Å². The molecule has 0 bridgehead atoms. The summed E-state index contributed by atoms with van der Waals surface area (Å²) in [6.07, 6.45) is 0.262. The Bertz CT molecular complexity index is 910. The molecule has 12 nitrogen and oxygen atoms in total. The summed E-state index contributed by atoms with van der Waals surface area (Å²) in [6, 6.07) is 2.04. The van der Waals surface area contributed by atoms with Crippen molar-refractivity contribution < 1.29 is 38.3 Å². The molecule has 0 aromatic carbocycles. The van der Waals surface area contributed by atoms with E-state index in [0.717, 1.165) is 4.90 Å². The minimum absolute atomic E-state index is 0.130.